The third-order valence-electron chi connectivity index (χ3n) is 2.31. The highest BCUT2D eigenvalue weighted by Crippen LogP contribution is 2.01. The average Bonchev–Trinajstić information content (AvgIpc) is 2.45. The van der Waals surface area contributed by atoms with E-state index in [-0.39, 0.29) is 30.2 Å². The fourth-order valence-electron chi connectivity index (χ4n) is 1.37. The maximum absolute atomic E-state index is 11.1. The number of primary amides is 1. The lowest BCUT2D eigenvalue weighted by Crippen LogP contribution is -2.46. The summed E-state index contributed by atoms with van der Waals surface area (Å²) in [5, 5.41) is 7.83. The molecule has 0 heterocycles. The normalized spacial score (nSPS) is 10.4. The first-order valence-electron chi connectivity index (χ1n) is 7.73. The first-order valence-corrected chi connectivity index (χ1v) is 7.73. The van der Waals surface area contributed by atoms with Crippen LogP contribution in [0, 0.1) is 5.92 Å². The molecular formula is C15H34N4O3. The van der Waals surface area contributed by atoms with Gasteiger partial charge in [0.15, 0.2) is 5.78 Å². The third-order valence-corrected chi connectivity index (χ3v) is 2.31. The van der Waals surface area contributed by atoms with E-state index in [9.17, 15) is 14.4 Å². The zero-order valence-corrected chi connectivity index (χ0v) is 15.1. The summed E-state index contributed by atoms with van der Waals surface area (Å²) in [5.41, 5.74) is 4.73. The number of Topliss-reactive ketones (excluding diaryl/α,β-unsaturated/α-hetero) is 1. The maximum Gasteiger partial charge on any atom is 0.312 e. The Morgan fingerprint density at radius 3 is 1.86 bits per heavy atom. The van der Waals surface area contributed by atoms with Crippen LogP contribution in [0.15, 0.2) is 0 Å². The largest absolute Gasteiger partial charge is 0.352 e. The van der Waals surface area contributed by atoms with Crippen molar-refractivity contribution < 1.29 is 14.4 Å². The second kappa shape index (κ2) is 17.4. The molecule has 3 amide bonds. The maximum atomic E-state index is 11.1. The molecule has 0 saturated carbocycles. The van der Waals surface area contributed by atoms with Crippen LogP contribution in [0.2, 0.25) is 0 Å². The lowest BCUT2D eigenvalue weighted by Gasteiger charge is -2.19. The summed E-state index contributed by atoms with van der Waals surface area (Å²) in [5.74, 6) is -0.00541. The molecule has 0 spiro atoms. The van der Waals surface area contributed by atoms with Gasteiger partial charge in [0.25, 0.3) is 0 Å². The minimum atomic E-state index is -0.443. The van der Waals surface area contributed by atoms with Crippen LogP contribution in [0.4, 0.5) is 4.79 Å². The molecule has 7 nitrogen and oxygen atoms in total. The average molecular weight is 318 g/mol. The number of urea groups is 1. The van der Waals surface area contributed by atoms with Crippen LogP contribution in [-0.4, -0.2) is 43.9 Å². The summed E-state index contributed by atoms with van der Waals surface area (Å²) < 4.78 is 0. The quantitative estimate of drug-likeness (QED) is 0.561. The minimum Gasteiger partial charge on any atom is -0.352 e. The molecule has 0 aliphatic rings. The predicted octanol–water partition coefficient (Wildman–Crippen LogP) is 1.03. The molecule has 0 fully saturated rings. The highest BCUT2D eigenvalue weighted by molar-refractivity contribution is 5.88. The van der Waals surface area contributed by atoms with Gasteiger partial charge in [0.2, 0.25) is 5.91 Å². The van der Waals surface area contributed by atoms with Gasteiger partial charge in [-0.1, -0.05) is 34.6 Å². The van der Waals surface area contributed by atoms with Gasteiger partial charge in [0, 0.05) is 6.54 Å². The zero-order valence-electron chi connectivity index (χ0n) is 15.1. The molecule has 0 radical (unpaired) electrons. The molecule has 0 aromatic rings. The van der Waals surface area contributed by atoms with Gasteiger partial charge in [0.05, 0.1) is 12.6 Å². The molecule has 0 saturated heterocycles. The van der Waals surface area contributed by atoms with E-state index >= 15 is 0 Å². The van der Waals surface area contributed by atoms with Crippen molar-refractivity contribution in [3.8, 4) is 0 Å². The molecule has 1 atom stereocenters. The number of nitrogens with two attached hydrogens (primary N) is 1. The van der Waals surface area contributed by atoms with Gasteiger partial charge in [-0.2, -0.15) is 0 Å². The highest BCUT2D eigenvalue weighted by atomic mass is 16.2. The van der Waals surface area contributed by atoms with E-state index in [0.717, 1.165) is 6.42 Å². The summed E-state index contributed by atoms with van der Waals surface area (Å²) >= 11 is 0. The first kappa shape index (κ1) is 25.3. The van der Waals surface area contributed by atoms with Gasteiger partial charge in [-0.3, -0.25) is 9.59 Å². The molecule has 22 heavy (non-hydrogen) atoms. The van der Waals surface area contributed by atoms with Gasteiger partial charge in [0.1, 0.15) is 0 Å². The Morgan fingerprint density at radius 1 is 1.14 bits per heavy atom. The van der Waals surface area contributed by atoms with Gasteiger partial charge in [-0.05, 0) is 26.3 Å². The first-order chi connectivity index (χ1) is 10.3. The number of hydrogen-bond donors (Lipinski definition) is 4. The molecule has 0 aromatic carbocycles. The molecule has 7 heteroatoms. The van der Waals surface area contributed by atoms with Crippen LogP contribution in [0.5, 0.6) is 0 Å². The molecule has 0 aliphatic heterocycles. The Balaban J connectivity index is -0.000000339. The number of amides is 3. The fourth-order valence-corrected chi connectivity index (χ4v) is 1.37. The van der Waals surface area contributed by atoms with E-state index in [4.69, 9.17) is 5.73 Å². The van der Waals surface area contributed by atoms with Crippen molar-refractivity contribution in [3.63, 3.8) is 0 Å². The van der Waals surface area contributed by atoms with Crippen LogP contribution in [-0.2, 0) is 9.59 Å². The Hall–Kier alpha value is -1.63. The summed E-state index contributed by atoms with van der Waals surface area (Å²) in [7, 11) is 1.69. The Bertz CT molecular complexity index is 307. The standard InChI is InChI=1S/C9H18N2O2.C4H10N2O.C2H6/c1-6(2)9(7(3)12)11-8(13)5-10-4;1-2-3-6-4(5)7;1-2/h6,9-10H,5H2,1-4H3,(H,11,13);2-3H2,1H3,(H3,5,6,7);1-2H3. The monoisotopic (exact) mass is 318 g/mol. The van der Waals surface area contributed by atoms with E-state index in [1.807, 2.05) is 34.6 Å². The van der Waals surface area contributed by atoms with Gasteiger partial charge < -0.3 is 21.7 Å². The molecule has 0 bridgehead atoms. The van der Waals surface area contributed by atoms with Crippen LogP contribution < -0.4 is 21.7 Å². The summed E-state index contributed by atoms with van der Waals surface area (Å²) in [6.45, 7) is 12.2. The summed E-state index contributed by atoms with van der Waals surface area (Å²) in [4.78, 5) is 32.1. The van der Waals surface area contributed by atoms with Crippen LogP contribution in [0.1, 0.15) is 48.0 Å². The number of likely N-dealkylation sites (N-methyl/N-ethyl adjacent to an activating group) is 1. The molecule has 0 rings (SSSR count). The summed E-state index contributed by atoms with van der Waals surface area (Å²) in [6.07, 6.45) is 0.933. The molecule has 0 aromatic heterocycles. The van der Waals surface area contributed by atoms with Crippen molar-refractivity contribution in [2.75, 3.05) is 20.1 Å². The van der Waals surface area contributed by atoms with Gasteiger partial charge in [-0.25, -0.2) is 4.79 Å². The van der Waals surface area contributed by atoms with Crippen molar-refractivity contribution in [2.45, 2.75) is 54.0 Å². The molecule has 1 unspecified atom stereocenters. The number of ketones is 1. The lowest BCUT2D eigenvalue weighted by molar-refractivity contribution is -0.127. The van der Waals surface area contributed by atoms with Gasteiger partial charge in [-0.15, -0.1) is 0 Å². The third kappa shape index (κ3) is 18.4. The number of nitrogens with one attached hydrogen (secondary N) is 3. The van der Waals surface area contributed by atoms with Crippen LogP contribution >= 0.6 is 0 Å². The molecular weight excluding hydrogens is 284 g/mol. The molecule has 132 valence electrons. The number of hydrogen-bond acceptors (Lipinski definition) is 4. The van der Waals surface area contributed by atoms with E-state index in [0.29, 0.717) is 6.54 Å². The molecule has 0 aliphatic carbocycles. The van der Waals surface area contributed by atoms with Crippen molar-refractivity contribution >= 4 is 17.7 Å². The second-order valence-corrected chi connectivity index (χ2v) is 4.72. The van der Waals surface area contributed by atoms with E-state index in [1.54, 1.807) is 7.05 Å². The van der Waals surface area contributed by atoms with E-state index in [1.165, 1.54) is 6.92 Å². The van der Waals surface area contributed by atoms with Crippen molar-refractivity contribution in [3.05, 3.63) is 0 Å². The number of carbonyl (C=O) groups excluding carboxylic acids is 3. The van der Waals surface area contributed by atoms with E-state index < -0.39 is 6.03 Å². The van der Waals surface area contributed by atoms with Crippen molar-refractivity contribution in [1.82, 2.24) is 16.0 Å². The fraction of sp³-hybridized carbons (Fsp3) is 0.800. The number of rotatable bonds is 7. The topological polar surface area (TPSA) is 113 Å². The van der Waals surface area contributed by atoms with Crippen LogP contribution in [0.25, 0.3) is 0 Å². The minimum absolute atomic E-state index is 0.000506. The Kier molecular flexibility index (Phi) is 20.1. The SMILES string of the molecule is CC.CCCNC(N)=O.CNCC(=O)NC(C(C)=O)C(C)C. The van der Waals surface area contributed by atoms with Crippen molar-refractivity contribution in [2.24, 2.45) is 11.7 Å². The lowest BCUT2D eigenvalue weighted by atomic mass is 10.0. The number of carbonyl (C=O) groups is 3. The zero-order chi connectivity index (χ0) is 18.1. The smallest absolute Gasteiger partial charge is 0.312 e. The van der Waals surface area contributed by atoms with E-state index in [2.05, 4.69) is 16.0 Å². The summed E-state index contributed by atoms with van der Waals surface area (Å²) in [6, 6.07) is -0.803. The Labute approximate surface area is 134 Å². The van der Waals surface area contributed by atoms with Crippen LogP contribution in [0.3, 0.4) is 0 Å². The van der Waals surface area contributed by atoms with Crippen molar-refractivity contribution in [1.29, 1.82) is 0 Å². The highest BCUT2D eigenvalue weighted by Gasteiger charge is 2.19. The second-order valence-electron chi connectivity index (χ2n) is 4.72. The molecule has 5 N–H and O–H groups in total. The van der Waals surface area contributed by atoms with Gasteiger partial charge >= 0.3 is 6.03 Å². The Morgan fingerprint density at radius 2 is 1.64 bits per heavy atom. The predicted molar refractivity (Wildman–Crippen MR) is 90.6 cm³/mol.